The SMILES string of the molecule is COC(=O)[C@H](O)[C@@H](OCc1ccccc1)C(=O)OC. The Hall–Kier alpha value is -1.92. The Morgan fingerprint density at radius 3 is 2.21 bits per heavy atom. The van der Waals surface area contributed by atoms with Crippen molar-refractivity contribution in [3.63, 3.8) is 0 Å². The fourth-order valence-corrected chi connectivity index (χ4v) is 1.41. The Balaban J connectivity index is 2.70. The molecule has 19 heavy (non-hydrogen) atoms. The average Bonchev–Trinajstić information content (AvgIpc) is 2.47. The van der Waals surface area contributed by atoms with Gasteiger partial charge in [0.25, 0.3) is 0 Å². The first-order valence-corrected chi connectivity index (χ1v) is 5.59. The topological polar surface area (TPSA) is 82.1 Å². The fraction of sp³-hybridized carbons (Fsp3) is 0.385. The number of aliphatic hydroxyl groups excluding tert-OH is 1. The molecule has 1 N–H and O–H groups in total. The highest BCUT2D eigenvalue weighted by Gasteiger charge is 2.34. The molecule has 1 rings (SSSR count). The number of aliphatic hydroxyl groups is 1. The minimum Gasteiger partial charge on any atom is -0.467 e. The van der Waals surface area contributed by atoms with Gasteiger partial charge >= 0.3 is 11.9 Å². The van der Waals surface area contributed by atoms with Crippen molar-refractivity contribution in [1.82, 2.24) is 0 Å². The zero-order chi connectivity index (χ0) is 14.3. The highest BCUT2D eigenvalue weighted by atomic mass is 16.6. The van der Waals surface area contributed by atoms with Gasteiger partial charge in [0.15, 0.2) is 12.2 Å². The van der Waals surface area contributed by atoms with Crippen LogP contribution in [0, 0.1) is 0 Å². The van der Waals surface area contributed by atoms with Gasteiger partial charge < -0.3 is 19.3 Å². The van der Waals surface area contributed by atoms with Crippen LogP contribution in [0.3, 0.4) is 0 Å². The van der Waals surface area contributed by atoms with Crippen molar-refractivity contribution in [3.8, 4) is 0 Å². The zero-order valence-corrected chi connectivity index (χ0v) is 10.7. The van der Waals surface area contributed by atoms with Gasteiger partial charge in [-0.3, -0.25) is 0 Å². The predicted octanol–water partition coefficient (Wildman–Crippen LogP) is 0.279. The van der Waals surface area contributed by atoms with Crippen LogP contribution in [0.2, 0.25) is 0 Å². The monoisotopic (exact) mass is 268 g/mol. The van der Waals surface area contributed by atoms with Crippen LogP contribution in [-0.2, 0) is 30.4 Å². The zero-order valence-electron chi connectivity index (χ0n) is 10.7. The van der Waals surface area contributed by atoms with E-state index in [1.807, 2.05) is 18.2 Å². The Bertz CT molecular complexity index is 416. The molecule has 0 aliphatic carbocycles. The van der Waals surface area contributed by atoms with Gasteiger partial charge in [-0.15, -0.1) is 0 Å². The van der Waals surface area contributed by atoms with Crippen LogP contribution >= 0.6 is 0 Å². The van der Waals surface area contributed by atoms with E-state index in [0.29, 0.717) is 0 Å². The van der Waals surface area contributed by atoms with Gasteiger partial charge in [0.1, 0.15) is 0 Å². The van der Waals surface area contributed by atoms with Crippen molar-refractivity contribution in [2.45, 2.75) is 18.8 Å². The molecule has 1 aromatic rings. The number of hydrogen-bond donors (Lipinski definition) is 1. The van der Waals surface area contributed by atoms with E-state index in [-0.39, 0.29) is 6.61 Å². The Labute approximate surface area is 110 Å². The maximum absolute atomic E-state index is 11.5. The molecule has 0 aliphatic heterocycles. The number of rotatable bonds is 6. The van der Waals surface area contributed by atoms with Gasteiger partial charge in [0.2, 0.25) is 0 Å². The Morgan fingerprint density at radius 2 is 1.68 bits per heavy atom. The first kappa shape index (κ1) is 15.1. The van der Waals surface area contributed by atoms with Gasteiger partial charge in [0, 0.05) is 0 Å². The van der Waals surface area contributed by atoms with Crippen molar-refractivity contribution in [2.24, 2.45) is 0 Å². The van der Waals surface area contributed by atoms with E-state index in [0.717, 1.165) is 19.8 Å². The number of esters is 2. The molecule has 6 heteroatoms. The second kappa shape index (κ2) is 7.50. The van der Waals surface area contributed by atoms with Crippen LogP contribution in [0.25, 0.3) is 0 Å². The number of hydrogen-bond acceptors (Lipinski definition) is 6. The fourth-order valence-electron chi connectivity index (χ4n) is 1.41. The minimum atomic E-state index is -1.72. The van der Waals surface area contributed by atoms with E-state index in [4.69, 9.17) is 4.74 Å². The lowest BCUT2D eigenvalue weighted by Gasteiger charge is -2.19. The van der Waals surface area contributed by atoms with Crippen LogP contribution in [0.5, 0.6) is 0 Å². The summed E-state index contributed by atoms with van der Waals surface area (Å²) in [5, 5.41) is 9.66. The van der Waals surface area contributed by atoms with Gasteiger partial charge in [-0.25, -0.2) is 9.59 Å². The van der Waals surface area contributed by atoms with E-state index in [1.54, 1.807) is 12.1 Å². The summed E-state index contributed by atoms with van der Waals surface area (Å²) in [6, 6.07) is 9.04. The molecule has 0 saturated carbocycles. The summed E-state index contributed by atoms with van der Waals surface area (Å²) in [4.78, 5) is 22.7. The van der Waals surface area contributed by atoms with Gasteiger partial charge in [-0.2, -0.15) is 0 Å². The lowest BCUT2D eigenvalue weighted by atomic mass is 10.2. The smallest absolute Gasteiger partial charge is 0.338 e. The van der Waals surface area contributed by atoms with E-state index in [9.17, 15) is 14.7 Å². The van der Waals surface area contributed by atoms with E-state index in [2.05, 4.69) is 9.47 Å². The average molecular weight is 268 g/mol. The normalized spacial score (nSPS) is 13.4. The summed E-state index contributed by atoms with van der Waals surface area (Å²) in [7, 11) is 2.25. The minimum absolute atomic E-state index is 0.0641. The second-order valence-corrected chi connectivity index (χ2v) is 3.71. The molecule has 0 amide bonds. The molecule has 0 bridgehead atoms. The summed E-state index contributed by atoms with van der Waals surface area (Å²) in [6.45, 7) is 0.0641. The molecule has 0 saturated heterocycles. The first-order chi connectivity index (χ1) is 9.10. The molecule has 104 valence electrons. The lowest BCUT2D eigenvalue weighted by Crippen LogP contribution is -2.43. The summed E-state index contributed by atoms with van der Waals surface area (Å²) >= 11 is 0. The molecular formula is C13H16O6. The van der Waals surface area contributed by atoms with Crippen LogP contribution in [0.1, 0.15) is 5.56 Å². The van der Waals surface area contributed by atoms with Crippen molar-refractivity contribution in [3.05, 3.63) is 35.9 Å². The van der Waals surface area contributed by atoms with E-state index < -0.39 is 24.1 Å². The largest absolute Gasteiger partial charge is 0.467 e. The number of ether oxygens (including phenoxy) is 3. The summed E-state index contributed by atoms with van der Waals surface area (Å²) in [5.41, 5.74) is 0.800. The van der Waals surface area contributed by atoms with E-state index in [1.165, 1.54) is 0 Å². The molecule has 2 atom stereocenters. The first-order valence-electron chi connectivity index (χ1n) is 5.59. The van der Waals surface area contributed by atoms with Crippen LogP contribution in [-0.4, -0.2) is 43.5 Å². The molecule has 0 heterocycles. The number of benzene rings is 1. The van der Waals surface area contributed by atoms with E-state index >= 15 is 0 Å². The van der Waals surface area contributed by atoms with Gasteiger partial charge in [-0.05, 0) is 5.56 Å². The predicted molar refractivity (Wildman–Crippen MR) is 65.1 cm³/mol. The lowest BCUT2D eigenvalue weighted by molar-refractivity contribution is -0.176. The molecule has 0 fully saturated rings. The summed E-state index contributed by atoms with van der Waals surface area (Å²) in [5.74, 6) is -1.79. The Morgan fingerprint density at radius 1 is 1.11 bits per heavy atom. The highest BCUT2D eigenvalue weighted by Crippen LogP contribution is 2.09. The van der Waals surface area contributed by atoms with Crippen molar-refractivity contribution < 1.29 is 28.9 Å². The van der Waals surface area contributed by atoms with Gasteiger partial charge in [-0.1, -0.05) is 30.3 Å². The maximum Gasteiger partial charge on any atom is 0.338 e. The second-order valence-electron chi connectivity index (χ2n) is 3.71. The van der Waals surface area contributed by atoms with Gasteiger partial charge in [0.05, 0.1) is 20.8 Å². The molecule has 0 unspecified atom stereocenters. The third-order valence-electron chi connectivity index (χ3n) is 2.44. The molecule has 0 spiro atoms. The third-order valence-corrected chi connectivity index (χ3v) is 2.44. The highest BCUT2D eigenvalue weighted by molar-refractivity contribution is 5.85. The van der Waals surface area contributed by atoms with Crippen LogP contribution in [0.15, 0.2) is 30.3 Å². The molecule has 6 nitrogen and oxygen atoms in total. The summed E-state index contributed by atoms with van der Waals surface area (Å²) < 4.78 is 14.1. The van der Waals surface area contributed by atoms with Crippen molar-refractivity contribution >= 4 is 11.9 Å². The standard InChI is InChI=1S/C13H16O6/c1-17-12(15)10(14)11(13(16)18-2)19-8-9-6-4-3-5-7-9/h3-7,10-11,14H,8H2,1-2H3/t10-,11-/m1/s1. The maximum atomic E-state index is 11.5. The molecule has 0 radical (unpaired) electrons. The quantitative estimate of drug-likeness (QED) is 0.746. The van der Waals surface area contributed by atoms with Crippen molar-refractivity contribution in [2.75, 3.05) is 14.2 Å². The Kier molecular flexibility index (Phi) is 5.98. The number of methoxy groups -OCH3 is 2. The van der Waals surface area contributed by atoms with Crippen LogP contribution in [0.4, 0.5) is 0 Å². The number of carbonyl (C=O) groups is 2. The van der Waals surface area contributed by atoms with Crippen molar-refractivity contribution in [1.29, 1.82) is 0 Å². The third kappa shape index (κ3) is 4.35. The summed E-state index contributed by atoms with van der Waals surface area (Å²) in [6.07, 6.45) is -3.14. The molecule has 0 aromatic heterocycles. The molecule has 1 aromatic carbocycles. The molecular weight excluding hydrogens is 252 g/mol. The van der Waals surface area contributed by atoms with Crippen LogP contribution < -0.4 is 0 Å². The number of carbonyl (C=O) groups excluding carboxylic acids is 2. The molecule has 0 aliphatic rings.